The fraction of sp³-hybridized carbons (Fsp3) is 0.273. The zero-order chi connectivity index (χ0) is 16.2. The molecule has 1 aromatic carbocycles. The van der Waals surface area contributed by atoms with Crippen molar-refractivity contribution in [1.29, 1.82) is 0 Å². The van der Waals surface area contributed by atoms with Gasteiger partial charge in [-0.2, -0.15) is 15.4 Å². The first-order valence-electron chi connectivity index (χ1n) is 5.85. The third-order valence-electron chi connectivity index (χ3n) is 2.62. The zero-order valence-electron chi connectivity index (χ0n) is 10.8. The molecular formula is C11H9F3N6O2. The van der Waals surface area contributed by atoms with Crippen molar-refractivity contribution >= 4 is 0 Å². The van der Waals surface area contributed by atoms with E-state index in [0.717, 1.165) is 12.1 Å². The highest BCUT2D eigenvalue weighted by Crippen LogP contribution is 2.27. The molecule has 0 saturated carbocycles. The molecule has 0 spiro atoms. The maximum absolute atomic E-state index is 12.1. The number of nitrogens with zero attached hydrogens (tertiary/aromatic N) is 5. The monoisotopic (exact) mass is 314 g/mol. The summed E-state index contributed by atoms with van der Waals surface area (Å²) in [6.07, 6.45) is -6.02. The van der Waals surface area contributed by atoms with Crippen molar-refractivity contribution in [2.75, 3.05) is 0 Å². The van der Waals surface area contributed by atoms with E-state index in [9.17, 15) is 18.3 Å². The molecule has 0 aliphatic heterocycles. The van der Waals surface area contributed by atoms with Gasteiger partial charge in [0.25, 0.3) is 0 Å². The highest BCUT2D eigenvalue weighted by Gasteiger charge is 2.31. The Bertz CT molecular complexity index is 678. The summed E-state index contributed by atoms with van der Waals surface area (Å²) < 4.78 is 39.9. The van der Waals surface area contributed by atoms with Gasteiger partial charge in [-0.25, -0.2) is 0 Å². The number of aromatic nitrogens is 3. The Labute approximate surface area is 121 Å². The van der Waals surface area contributed by atoms with Crippen LogP contribution in [-0.2, 0) is 6.54 Å². The predicted octanol–water partition coefficient (Wildman–Crippen LogP) is 2.60. The molecule has 0 saturated heterocycles. The van der Waals surface area contributed by atoms with Gasteiger partial charge in [-0.05, 0) is 23.2 Å². The lowest BCUT2D eigenvalue weighted by molar-refractivity contribution is -0.274. The van der Waals surface area contributed by atoms with Crippen LogP contribution >= 0.6 is 0 Å². The number of halogens is 3. The smallest absolute Gasteiger partial charge is 0.406 e. The van der Waals surface area contributed by atoms with Gasteiger partial charge in [0.1, 0.15) is 17.5 Å². The number of benzene rings is 1. The van der Waals surface area contributed by atoms with Crippen molar-refractivity contribution in [2.24, 2.45) is 5.11 Å². The lowest BCUT2D eigenvalue weighted by Crippen LogP contribution is -2.17. The number of hydrogen-bond acceptors (Lipinski definition) is 5. The van der Waals surface area contributed by atoms with Crippen LogP contribution in [0.15, 0.2) is 29.4 Å². The molecule has 0 aliphatic carbocycles. The maximum Gasteiger partial charge on any atom is 0.573 e. The summed E-state index contributed by atoms with van der Waals surface area (Å²) in [7, 11) is 0. The van der Waals surface area contributed by atoms with E-state index in [1.807, 2.05) is 0 Å². The van der Waals surface area contributed by atoms with Crippen LogP contribution < -0.4 is 4.74 Å². The third kappa shape index (κ3) is 3.87. The van der Waals surface area contributed by atoms with E-state index in [-0.39, 0.29) is 23.5 Å². The molecule has 0 bridgehead atoms. The van der Waals surface area contributed by atoms with Crippen LogP contribution in [0, 0.1) is 0 Å². The summed E-state index contributed by atoms with van der Waals surface area (Å²) >= 11 is 0. The van der Waals surface area contributed by atoms with Gasteiger partial charge in [0, 0.05) is 4.91 Å². The first-order valence-corrected chi connectivity index (χ1v) is 5.85. The lowest BCUT2D eigenvalue weighted by Gasteiger charge is -2.12. The Hall–Kier alpha value is -2.78. The molecule has 1 atom stereocenters. The van der Waals surface area contributed by atoms with Crippen molar-refractivity contribution in [3.8, 4) is 5.75 Å². The van der Waals surface area contributed by atoms with Crippen molar-refractivity contribution in [2.45, 2.75) is 19.0 Å². The Morgan fingerprint density at radius 3 is 2.59 bits per heavy atom. The van der Waals surface area contributed by atoms with E-state index >= 15 is 0 Å². The Kier molecular flexibility index (Phi) is 4.49. The van der Waals surface area contributed by atoms with E-state index < -0.39 is 18.2 Å². The Morgan fingerprint density at radius 2 is 2.00 bits per heavy atom. The molecular weight excluding hydrogens is 305 g/mol. The SMILES string of the molecule is [N-]=[N+]=NCc1n[nH]nc1C(O)c1ccc(OC(F)(F)F)cc1. The number of H-pyrrole nitrogens is 1. The fourth-order valence-corrected chi connectivity index (χ4v) is 1.70. The lowest BCUT2D eigenvalue weighted by atomic mass is 10.1. The van der Waals surface area contributed by atoms with Crippen LogP contribution in [0.25, 0.3) is 10.4 Å². The molecule has 0 radical (unpaired) electrons. The van der Waals surface area contributed by atoms with Crippen molar-refractivity contribution in [3.63, 3.8) is 0 Å². The summed E-state index contributed by atoms with van der Waals surface area (Å²) in [5.74, 6) is -0.405. The average molecular weight is 314 g/mol. The van der Waals surface area contributed by atoms with Crippen molar-refractivity contribution in [3.05, 3.63) is 51.7 Å². The molecule has 0 fully saturated rings. The van der Waals surface area contributed by atoms with Gasteiger partial charge in [0.05, 0.1) is 12.2 Å². The van der Waals surface area contributed by atoms with E-state index in [1.54, 1.807) is 0 Å². The molecule has 1 heterocycles. The minimum atomic E-state index is -4.78. The van der Waals surface area contributed by atoms with Crippen LogP contribution in [-0.4, -0.2) is 26.9 Å². The molecule has 1 unspecified atom stereocenters. The van der Waals surface area contributed by atoms with E-state index in [0.29, 0.717) is 0 Å². The topological polar surface area (TPSA) is 120 Å². The Balaban J connectivity index is 2.18. The third-order valence-corrected chi connectivity index (χ3v) is 2.62. The second-order valence-corrected chi connectivity index (χ2v) is 4.06. The van der Waals surface area contributed by atoms with E-state index in [4.69, 9.17) is 5.53 Å². The van der Waals surface area contributed by atoms with Crippen LogP contribution in [0.4, 0.5) is 13.2 Å². The van der Waals surface area contributed by atoms with Crippen LogP contribution in [0.3, 0.4) is 0 Å². The summed E-state index contributed by atoms with van der Waals surface area (Å²) in [6, 6.07) is 4.66. The van der Waals surface area contributed by atoms with E-state index in [1.165, 1.54) is 12.1 Å². The van der Waals surface area contributed by atoms with Crippen LogP contribution in [0.1, 0.15) is 23.1 Å². The van der Waals surface area contributed by atoms with Gasteiger partial charge in [0.15, 0.2) is 0 Å². The zero-order valence-corrected chi connectivity index (χ0v) is 10.8. The first-order chi connectivity index (χ1) is 10.4. The number of aliphatic hydroxyl groups excluding tert-OH is 1. The predicted molar refractivity (Wildman–Crippen MR) is 66.4 cm³/mol. The van der Waals surface area contributed by atoms with Crippen molar-refractivity contribution < 1.29 is 23.0 Å². The molecule has 0 amide bonds. The van der Waals surface area contributed by atoms with Gasteiger partial charge in [-0.15, -0.1) is 13.2 Å². The van der Waals surface area contributed by atoms with Crippen molar-refractivity contribution in [1.82, 2.24) is 15.4 Å². The number of aromatic amines is 1. The number of nitrogens with one attached hydrogen (secondary N) is 1. The van der Waals surface area contributed by atoms with Gasteiger partial charge < -0.3 is 9.84 Å². The standard InChI is InChI=1S/C11H9F3N6O2/c12-11(13,14)22-7-3-1-6(2-4-7)10(21)9-8(5-16-19-15)17-20-18-9/h1-4,10,21H,5H2,(H,17,18,20). The number of hydrogen-bond donors (Lipinski definition) is 2. The summed E-state index contributed by atoms with van der Waals surface area (Å²) in [6.45, 7) is -0.116. The summed E-state index contributed by atoms with van der Waals surface area (Å²) in [5, 5.41) is 23.2. The minimum Gasteiger partial charge on any atom is -0.406 e. The molecule has 2 aromatic rings. The quantitative estimate of drug-likeness (QED) is 0.500. The normalized spacial score (nSPS) is 12.5. The first kappa shape index (κ1) is 15.6. The molecule has 0 aliphatic rings. The highest BCUT2D eigenvalue weighted by atomic mass is 19.4. The maximum atomic E-state index is 12.1. The second-order valence-electron chi connectivity index (χ2n) is 4.06. The second kappa shape index (κ2) is 6.33. The van der Waals surface area contributed by atoms with Gasteiger partial charge in [-0.3, -0.25) is 0 Å². The summed E-state index contributed by atoms with van der Waals surface area (Å²) in [5.41, 5.74) is 8.91. The molecule has 2 N–H and O–H groups in total. The average Bonchev–Trinajstić information content (AvgIpc) is 2.91. The number of azide groups is 1. The largest absolute Gasteiger partial charge is 0.573 e. The number of ether oxygens (including phenoxy) is 1. The molecule has 22 heavy (non-hydrogen) atoms. The number of rotatable bonds is 5. The molecule has 2 rings (SSSR count). The van der Waals surface area contributed by atoms with Crippen LogP contribution in [0.2, 0.25) is 0 Å². The fourth-order valence-electron chi connectivity index (χ4n) is 1.70. The molecule has 116 valence electrons. The van der Waals surface area contributed by atoms with Gasteiger partial charge in [-0.1, -0.05) is 17.2 Å². The molecule has 11 heteroatoms. The molecule has 8 nitrogen and oxygen atoms in total. The van der Waals surface area contributed by atoms with Gasteiger partial charge >= 0.3 is 6.36 Å². The summed E-state index contributed by atoms with van der Waals surface area (Å²) in [4.78, 5) is 2.57. The Morgan fingerprint density at radius 1 is 1.32 bits per heavy atom. The number of aliphatic hydroxyl groups is 1. The van der Waals surface area contributed by atoms with Gasteiger partial charge in [0.2, 0.25) is 0 Å². The number of alkyl halides is 3. The van der Waals surface area contributed by atoms with E-state index in [2.05, 4.69) is 30.2 Å². The minimum absolute atomic E-state index is 0.116. The molecule has 1 aromatic heterocycles. The van der Waals surface area contributed by atoms with Crippen LogP contribution in [0.5, 0.6) is 5.75 Å². The highest BCUT2D eigenvalue weighted by molar-refractivity contribution is 5.33.